The van der Waals surface area contributed by atoms with Gasteiger partial charge in [0.1, 0.15) is 23.0 Å². The van der Waals surface area contributed by atoms with Crippen molar-refractivity contribution in [2.24, 2.45) is 0 Å². The molecule has 1 aliphatic rings. The topological polar surface area (TPSA) is 115 Å². The quantitative estimate of drug-likeness (QED) is 0.533. The van der Waals surface area contributed by atoms with Crippen molar-refractivity contribution in [3.63, 3.8) is 0 Å². The standard InChI is InChI=1S/C20H18O6/c1-2-3-4-5-6-11-14(22)9-13-17(19(11)25)20(26)16-12(18(13)24)7-10(21)8-15(16)23/h5-9,21-23,25H,2-4H2,1H3/b6-5+. The van der Waals surface area contributed by atoms with Crippen molar-refractivity contribution in [2.45, 2.75) is 26.2 Å². The maximum atomic E-state index is 12.8. The summed E-state index contributed by atoms with van der Waals surface area (Å²) in [5.41, 5.74) is -0.848. The van der Waals surface area contributed by atoms with Crippen LogP contribution in [0.2, 0.25) is 0 Å². The number of fused-ring (bicyclic) bond motifs is 2. The molecule has 0 radical (unpaired) electrons. The third-order valence-corrected chi connectivity index (χ3v) is 4.37. The van der Waals surface area contributed by atoms with Crippen LogP contribution in [0.3, 0.4) is 0 Å². The van der Waals surface area contributed by atoms with Crippen LogP contribution in [-0.2, 0) is 0 Å². The fraction of sp³-hybridized carbons (Fsp3) is 0.200. The summed E-state index contributed by atoms with van der Waals surface area (Å²) < 4.78 is 0. The first-order chi connectivity index (χ1) is 12.4. The van der Waals surface area contributed by atoms with Crippen LogP contribution in [0.25, 0.3) is 6.08 Å². The number of unbranched alkanes of at least 4 members (excludes halogenated alkanes) is 2. The molecule has 0 amide bonds. The molecule has 6 nitrogen and oxygen atoms in total. The highest BCUT2D eigenvalue weighted by Gasteiger charge is 2.36. The molecule has 4 N–H and O–H groups in total. The molecule has 0 heterocycles. The lowest BCUT2D eigenvalue weighted by molar-refractivity contribution is 0.0973. The highest BCUT2D eigenvalue weighted by atomic mass is 16.3. The van der Waals surface area contributed by atoms with E-state index in [4.69, 9.17) is 0 Å². The van der Waals surface area contributed by atoms with Gasteiger partial charge in [0.25, 0.3) is 0 Å². The average molecular weight is 354 g/mol. The first-order valence-electron chi connectivity index (χ1n) is 8.27. The molecule has 1 aliphatic carbocycles. The smallest absolute Gasteiger partial charge is 0.202 e. The highest BCUT2D eigenvalue weighted by molar-refractivity contribution is 6.30. The zero-order valence-electron chi connectivity index (χ0n) is 14.1. The Kier molecular flexibility index (Phi) is 4.42. The van der Waals surface area contributed by atoms with Gasteiger partial charge in [0.05, 0.1) is 16.7 Å². The van der Waals surface area contributed by atoms with E-state index in [-0.39, 0.29) is 39.3 Å². The van der Waals surface area contributed by atoms with Crippen LogP contribution >= 0.6 is 0 Å². The number of benzene rings is 2. The SMILES string of the molecule is CCCC/C=C/c1c(O)cc2c(c1O)C(=O)c1c(O)cc(O)cc1C2=O. The number of carbonyl (C=O) groups is 2. The monoisotopic (exact) mass is 354 g/mol. The number of ketones is 2. The first kappa shape index (κ1) is 17.5. The van der Waals surface area contributed by atoms with Crippen LogP contribution in [0.15, 0.2) is 24.3 Å². The van der Waals surface area contributed by atoms with Crippen molar-refractivity contribution in [2.75, 3.05) is 0 Å². The molecule has 0 atom stereocenters. The second-order valence-electron chi connectivity index (χ2n) is 6.17. The van der Waals surface area contributed by atoms with E-state index in [1.54, 1.807) is 6.08 Å². The van der Waals surface area contributed by atoms with E-state index < -0.39 is 23.1 Å². The molecule has 0 fully saturated rings. The van der Waals surface area contributed by atoms with Crippen molar-refractivity contribution in [1.82, 2.24) is 0 Å². The molecule has 26 heavy (non-hydrogen) atoms. The van der Waals surface area contributed by atoms with E-state index in [2.05, 4.69) is 0 Å². The van der Waals surface area contributed by atoms with Crippen molar-refractivity contribution in [1.29, 1.82) is 0 Å². The van der Waals surface area contributed by atoms with Gasteiger partial charge < -0.3 is 20.4 Å². The number of phenolic OH excluding ortho intramolecular Hbond substituents is 4. The maximum absolute atomic E-state index is 12.8. The Bertz CT molecular complexity index is 956. The van der Waals surface area contributed by atoms with E-state index in [0.717, 1.165) is 37.5 Å². The van der Waals surface area contributed by atoms with Gasteiger partial charge in [-0.1, -0.05) is 31.9 Å². The first-order valence-corrected chi connectivity index (χ1v) is 8.27. The average Bonchev–Trinajstić information content (AvgIpc) is 2.57. The number of hydrogen-bond acceptors (Lipinski definition) is 6. The highest BCUT2D eigenvalue weighted by Crippen LogP contribution is 2.43. The van der Waals surface area contributed by atoms with Crippen LogP contribution < -0.4 is 0 Å². The summed E-state index contributed by atoms with van der Waals surface area (Å²) in [4.78, 5) is 25.4. The lowest BCUT2D eigenvalue weighted by atomic mass is 9.81. The van der Waals surface area contributed by atoms with E-state index in [9.17, 15) is 30.0 Å². The van der Waals surface area contributed by atoms with E-state index in [1.165, 1.54) is 6.08 Å². The predicted octanol–water partition coefficient (Wildman–Crippen LogP) is 3.49. The van der Waals surface area contributed by atoms with Crippen molar-refractivity contribution in [3.05, 3.63) is 52.1 Å². The Morgan fingerprint density at radius 1 is 0.885 bits per heavy atom. The van der Waals surface area contributed by atoms with E-state index >= 15 is 0 Å². The number of allylic oxidation sites excluding steroid dienone is 1. The second-order valence-corrected chi connectivity index (χ2v) is 6.17. The molecule has 0 spiro atoms. The van der Waals surface area contributed by atoms with Crippen LogP contribution in [-0.4, -0.2) is 32.0 Å². The van der Waals surface area contributed by atoms with Crippen LogP contribution in [0.5, 0.6) is 23.0 Å². The molecule has 3 rings (SSSR count). The Morgan fingerprint density at radius 3 is 2.27 bits per heavy atom. The lowest BCUT2D eigenvalue weighted by Gasteiger charge is -2.21. The molecule has 0 unspecified atom stereocenters. The second kappa shape index (κ2) is 6.55. The minimum Gasteiger partial charge on any atom is -0.508 e. The van der Waals surface area contributed by atoms with Gasteiger partial charge in [0.2, 0.25) is 5.78 Å². The fourth-order valence-electron chi connectivity index (χ4n) is 3.07. The molecule has 0 aliphatic heterocycles. The summed E-state index contributed by atoms with van der Waals surface area (Å²) >= 11 is 0. The minimum absolute atomic E-state index is 0.0442. The predicted molar refractivity (Wildman–Crippen MR) is 95.0 cm³/mol. The van der Waals surface area contributed by atoms with Gasteiger partial charge in [0, 0.05) is 17.2 Å². The Balaban J connectivity index is 2.18. The van der Waals surface area contributed by atoms with Gasteiger partial charge in [0.15, 0.2) is 5.78 Å². The number of aromatic hydroxyl groups is 4. The third-order valence-electron chi connectivity index (χ3n) is 4.37. The molecule has 0 saturated carbocycles. The van der Waals surface area contributed by atoms with Crippen molar-refractivity contribution in [3.8, 4) is 23.0 Å². The fourth-order valence-corrected chi connectivity index (χ4v) is 3.07. The van der Waals surface area contributed by atoms with Gasteiger partial charge in [-0.25, -0.2) is 0 Å². The molecule has 0 saturated heterocycles. The van der Waals surface area contributed by atoms with Crippen molar-refractivity contribution < 1.29 is 30.0 Å². The summed E-state index contributed by atoms with van der Waals surface area (Å²) in [6, 6.07) is 3.15. The minimum atomic E-state index is -0.743. The Hall–Kier alpha value is -3.28. The van der Waals surface area contributed by atoms with Gasteiger partial charge in [-0.3, -0.25) is 9.59 Å². The number of rotatable bonds is 4. The summed E-state index contributed by atoms with van der Waals surface area (Å²) in [6.07, 6.45) is 5.93. The number of hydrogen-bond donors (Lipinski definition) is 4. The van der Waals surface area contributed by atoms with Crippen LogP contribution in [0.4, 0.5) is 0 Å². The van der Waals surface area contributed by atoms with Gasteiger partial charge >= 0.3 is 0 Å². The summed E-state index contributed by atoms with van der Waals surface area (Å²) in [6.45, 7) is 2.04. The Labute approximate surface area is 149 Å². The van der Waals surface area contributed by atoms with Gasteiger partial charge in [-0.2, -0.15) is 0 Å². The molecular weight excluding hydrogens is 336 g/mol. The number of carbonyl (C=O) groups excluding carboxylic acids is 2. The molecule has 6 heteroatoms. The molecule has 2 aromatic rings. The van der Waals surface area contributed by atoms with Gasteiger partial charge in [-0.05, 0) is 18.6 Å². The van der Waals surface area contributed by atoms with E-state index in [0.29, 0.717) is 0 Å². The maximum Gasteiger partial charge on any atom is 0.202 e. The molecule has 134 valence electrons. The molecule has 2 aromatic carbocycles. The zero-order chi connectivity index (χ0) is 19.0. The van der Waals surface area contributed by atoms with E-state index in [1.807, 2.05) is 6.92 Å². The van der Waals surface area contributed by atoms with Crippen molar-refractivity contribution >= 4 is 17.6 Å². The summed E-state index contributed by atoms with van der Waals surface area (Å²) in [5, 5.41) is 40.3. The summed E-state index contributed by atoms with van der Waals surface area (Å²) in [7, 11) is 0. The molecular formula is C20H18O6. The Morgan fingerprint density at radius 2 is 1.58 bits per heavy atom. The number of phenols is 4. The largest absolute Gasteiger partial charge is 0.508 e. The normalized spacial score (nSPS) is 13.1. The summed E-state index contributed by atoms with van der Waals surface area (Å²) in [5.74, 6) is -3.17. The van der Waals surface area contributed by atoms with Crippen LogP contribution in [0, 0.1) is 0 Å². The molecule has 0 aromatic heterocycles. The molecule has 0 bridgehead atoms. The third kappa shape index (κ3) is 2.69. The van der Waals surface area contributed by atoms with Gasteiger partial charge in [-0.15, -0.1) is 0 Å². The van der Waals surface area contributed by atoms with Crippen LogP contribution in [0.1, 0.15) is 63.6 Å². The zero-order valence-corrected chi connectivity index (χ0v) is 14.1. The lowest BCUT2D eigenvalue weighted by Crippen LogP contribution is -2.21.